The molecule has 0 saturated heterocycles. The number of hydrogen-bond donors (Lipinski definition) is 1. The van der Waals surface area contributed by atoms with Crippen molar-refractivity contribution in [3.63, 3.8) is 0 Å². The van der Waals surface area contributed by atoms with Gasteiger partial charge in [0.2, 0.25) is 5.91 Å². The van der Waals surface area contributed by atoms with Crippen molar-refractivity contribution >= 4 is 29.2 Å². The largest absolute Gasteiger partial charge is 0.383 e. The first-order valence-electron chi connectivity index (χ1n) is 9.21. The van der Waals surface area contributed by atoms with Crippen LogP contribution in [0.1, 0.15) is 24.8 Å². The lowest BCUT2D eigenvalue weighted by atomic mass is 10.0. The number of ether oxygens (including phenoxy) is 1. The SMILES string of the molecule is CCCN(CCOC)c1ccc(N=CC2C(=O)Nc3ccc(F)cc32)cc1F. The second-order valence-corrected chi connectivity index (χ2v) is 6.59. The molecule has 5 nitrogen and oxygen atoms in total. The molecule has 1 unspecified atom stereocenters. The van der Waals surface area contributed by atoms with Crippen molar-refractivity contribution in [3.8, 4) is 0 Å². The van der Waals surface area contributed by atoms with Crippen LogP contribution < -0.4 is 10.2 Å². The monoisotopic (exact) mass is 387 g/mol. The molecule has 2 aromatic carbocycles. The maximum absolute atomic E-state index is 14.6. The molecule has 1 atom stereocenters. The number of halogens is 2. The summed E-state index contributed by atoms with van der Waals surface area (Å²) >= 11 is 0. The molecule has 0 bridgehead atoms. The van der Waals surface area contributed by atoms with E-state index in [1.54, 1.807) is 19.2 Å². The number of hydrogen-bond acceptors (Lipinski definition) is 4. The number of benzene rings is 2. The van der Waals surface area contributed by atoms with Crippen LogP contribution in [-0.4, -0.2) is 38.9 Å². The van der Waals surface area contributed by atoms with E-state index >= 15 is 0 Å². The third kappa shape index (κ3) is 4.36. The minimum Gasteiger partial charge on any atom is -0.383 e. The Morgan fingerprint density at radius 2 is 2.04 bits per heavy atom. The summed E-state index contributed by atoms with van der Waals surface area (Å²) in [6, 6.07) is 8.83. The van der Waals surface area contributed by atoms with Gasteiger partial charge in [-0.2, -0.15) is 0 Å². The Balaban J connectivity index is 1.79. The summed E-state index contributed by atoms with van der Waals surface area (Å²) in [4.78, 5) is 18.3. The van der Waals surface area contributed by atoms with Gasteiger partial charge in [0.25, 0.3) is 0 Å². The highest BCUT2D eigenvalue weighted by molar-refractivity contribution is 6.12. The lowest BCUT2D eigenvalue weighted by Gasteiger charge is -2.24. The van der Waals surface area contributed by atoms with Gasteiger partial charge in [0.1, 0.15) is 17.6 Å². The fourth-order valence-electron chi connectivity index (χ4n) is 3.22. The summed E-state index contributed by atoms with van der Waals surface area (Å²) < 4.78 is 33.2. The number of amides is 1. The highest BCUT2D eigenvalue weighted by atomic mass is 19.1. The third-order valence-electron chi connectivity index (χ3n) is 4.59. The number of methoxy groups -OCH3 is 1. The number of fused-ring (bicyclic) bond motifs is 1. The molecule has 0 fully saturated rings. The molecule has 3 rings (SSSR count). The van der Waals surface area contributed by atoms with E-state index in [1.165, 1.54) is 30.5 Å². The molecule has 0 aliphatic carbocycles. The van der Waals surface area contributed by atoms with Crippen LogP contribution in [-0.2, 0) is 9.53 Å². The number of anilines is 2. The molecule has 0 radical (unpaired) electrons. The molecular formula is C21H23F2N3O2. The number of carbonyl (C=O) groups excluding carboxylic acids is 1. The second-order valence-electron chi connectivity index (χ2n) is 6.59. The maximum Gasteiger partial charge on any atom is 0.237 e. The fraction of sp³-hybridized carbons (Fsp3) is 0.333. The zero-order valence-corrected chi connectivity index (χ0v) is 15.9. The molecule has 2 aromatic rings. The van der Waals surface area contributed by atoms with Crippen LogP contribution in [0.2, 0.25) is 0 Å². The van der Waals surface area contributed by atoms with Crippen molar-refractivity contribution < 1.29 is 18.3 Å². The van der Waals surface area contributed by atoms with Crippen molar-refractivity contribution in [2.45, 2.75) is 19.3 Å². The highest BCUT2D eigenvalue weighted by Gasteiger charge is 2.29. The lowest BCUT2D eigenvalue weighted by Crippen LogP contribution is -2.28. The minimum absolute atomic E-state index is 0.282. The molecule has 7 heteroatoms. The van der Waals surface area contributed by atoms with Gasteiger partial charge in [0, 0.05) is 38.2 Å². The van der Waals surface area contributed by atoms with Crippen molar-refractivity contribution in [1.82, 2.24) is 0 Å². The van der Waals surface area contributed by atoms with Gasteiger partial charge in [0.15, 0.2) is 0 Å². The van der Waals surface area contributed by atoms with E-state index in [4.69, 9.17) is 4.74 Å². The van der Waals surface area contributed by atoms with E-state index in [2.05, 4.69) is 10.3 Å². The average Bonchev–Trinajstić information content (AvgIpc) is 2.98. The van der Waals surface area contributed by atoms with Crippen LogP contribution in [0.25, 0.3) is 0 Å². The first kappa shape index (κ1) is 19.9. The Labute approximate surface area is 163 Å². The molecule has 1 N–H and O–H groups in total. The smallest absolute Gasteiger partial charge is 0.237 e. The van der Waals surface area contributed by atoms with E-state index in [0.717, 1.165) is 6.42 Å². The van der Waals surface area contributed by atoms with Gasteiger partial charge >= 0.3 is 0 Å². The van der Waals surface area contributed by atoms with E-state index in [9.17, 15) is 13.6 Å². The first-order valence-corrected chi connectivity index (χ1v) is 9.21. The molecule has 0 aromatic heterocycles. The quantitative estimate of drug-likeness (QED) is 0.689. The van der Waals surface area contributed by atoms with E-state index < -0.39 is 11.7 Å². The average molecular weight is 387 g/mol. The Morgan fingerprint density at radius 1 is 1.21 bits per heavy atom. The number of carbonyl (C=O) groups is 1. The number of nitrogens with zero attached hydrogens (tertiary/aromatic N) is 2. The molecular weight excluding hydrogens is 364 g/mol. The predicted molar refractivity (Wildman–Crippen MR) is 107 cm³/mol. The van der Waals surface area contributed by atoms with Crippen LogP contribution in [0.3, 0.4) is 0 Å². The van der Waals surface area contributed by atoms with Gasteiger partial charge in [-0.05, 0) is 42.3 Å². The summed E-state index contributed by atoms with van der Waals surface area (Å²) in [6.07, 6.45) is 2.31. The Kier molecular flexibility index (Phi) is 6.36. The van der Waals surface area contributed by atoms with Crippen molar-refractivity contribution in [2.24, 2.45) is 4.99 Å². The summed E-state index contributed by atoms with van der Waals surface area (Å²) in [6.45, 7) is 3.84. The highest BCUT2D eigenvalue weighted by Crippen LogP contribution is 2.32. The van der Waals surface area contributed by atoms with Gasteiger partial charge in [-0.15, -0.1) is 0 Å². The van der Waals surface area contributed by atoms with Crippen LogP contribution in [0.15, 0.2) is 41.4 Å². The van der Waals surface area contributed by atoms with Crippen LogP contribution >= 0.6 is 0 Å². The van der Waals surface area contributed by atoms with Crippen molar-refractivity contribution in [1.29, 1.82) is 0 Å². The second kappa shape index (κ2) is 8.93. The fourth-order valence-corrected chi connectivity index (χ4v) is 3.22. The molecule has 28 heavy (non-hydrogen) atoms. The third-order valence-corrected chi connectivity index (χ3v) is 4.59. The normalized spacial score (nSPS) is 15.7. The summed E-state index contributed by atoms with van der Waals surface area (Å²) in [5.41, 5.74) is 1.98. The van der Waals surface area contributed by atoms with E-state index in [0.29, 0.717) is 42.3 Å². The van der Waals surface area contributed by atoms with Gasteiger partial charge in [-0.25, -0.2) is 8.78 Å². The topological polar surface area (TPSA) is 53.9 Å². The summed E-state index contributed by atoms with van der Waals surface area (Å²) in [5.74, 6) is -1.79. The number of aliphatic imine (C=N–C) groups is 1. The van der Waals surface area contributed by atoms with Gasteiger partial charge in [-0.1, -0.05) is 6.92 Å². The van der Waals surface area contributed by atoms with E-state index in [-0.39, 0.29) is 11.7 Å². The summed E-state index contributed by atoms with van der Waals surface area (Å²) in [5, 5.41) is 2.69. The summed E-state index contributed by atoms with van der Waals surface area (Å²) in [7, 11) is 1.61. The molecule has 1 aliphatic rings. The molecule has 1 aliphatic heterocycles. The van der Waals surface area contributed by atoms with Gasteiger partial charge < -0.3 is 15.0 Å². The molecule has 1 heterocycles. The Morgan fingerprint density at radius 3 is 2.75 bits per heavy atom. The van der Waals surface area contributed by atoms with Crippen molar-refractivity contribution in [2.75, 3.05) is 37.0 Å². The minimum atomic E-state index is -0.702. The van der Waals surface area contributed by atoms with Gasteiger partial charge in [-0.3, -0.25) is 9.79 Å². The molecule has 1 amide bonds. The lowest BCUT2D eigenvalue weighted by molar-refractivity contribution is -0.115. The standard InChI is InChI=1S/C21H23F2N3O2/c1-3-8-26(9-10-28-2)20-7-5-15(12-18(20)23)24-13-17-16-11-14(22)4-6-19(16)25-21(17)27/h4-7,11-13,17H,3,8-10H2,1-2H3,(H,25,27). The van der Waals surface area contributed by atoms with Crippen LogP contribution in [0, 0.1) is 11.6 Å². The Hall–Kier alpha value is -2.80. The zero-order valence-electron chi connectivity index (χ0n) is 15.9. The number of rotatable bonds is 8. The molecule has 148 valence electrons. The zero-order chi connectivity index (χ0) is 20.1. The van der Waals surface area contributed by atoms with Crippen molar-refractivity contribution in [3.05, 3.63) is 53.6 Å². The number of nitrogens with one attached hydrogen (secondary N) is 1. The molecule has 0 saturated carbocycles. The Bertz CT molecular complexity index is 886. The van der Waals surface area contributed by atoms with E-state index in [1.807, 2.05) is 11.8 Å². The predicted octanol–water partition coefficient (Wildman–Crippen LogP) is 4.27. The van der Waals surface area contributed by atoms with Crippen LogP contribution in [0.4, 0.5) is 25.8 Å². The molecule has 0 spiro atoms. The van der Waals surface area contributed by atoms with Gasteiger partial charge in [0.05, 0.1) is 18.0 Å². The van der Waals surface area contributed by atoms with Crippen LogP contribution in [0.5, 0.6) is 0 Å². The maximum atomic E-state index is 14.6. The first-order chi connectivity index (χ1) is 13.5.